The summed E-state index contributed by atoms with van der Waals surface area (Å²) in [6.07, 6.45) is 2.37. The number of hydrogen-bond acceptors (Lipinski definition) is 10. The van der Waals surface area contributed by atoms with E-state index in [-0.39, 0.29) is 24.4 Å². The van der Waals surface area contributed by atoms with Gasteiger partial charge in [-0.25, -0.2) is 9.78 Å². The fourth-order valence-corrected chi connectivity index (χ4v) is 3.79. The van der Waals surface area contributed by atoms with E-state index in [0.717, 1.165) is 5.56 Å². The van der Waals surface area contributed by atoms with Crippen molar-refractivity contribution in [3.05, 3.63) is 84.4 Å². The number of aliphatic hydroxyl groups is 1. The van der Waals surface area contributed by atoms with Gasteiger partial charge in [0.1, 0.15) is 11.9 Å². The Morgan fingerprint density at radius 3 is 2.71 bits per heavy atom. The summed E-state index contributed by atoms with van der Waals surface area (Å²) in [7, 11) is 0. The van der Waals surface area contributed by atoms with Crippen molar-refractivity contribution in [3.8, 4) is 11.5 Å². The Kier molecular flexibility index (Phi) is 5.94. The van der Waals surface area contributed by atoms with Crippen molar-refractivity contribution in [2.45, 2.75) is 19.1 Å². The van der Waals surface area contributed by atoms with E-state index in [9.17, 15) is 9.90 Å². The number of carbonyl (C=O) groups excluding carboxylic acids is 1. The number of benzene rings is 2. The molecule has 2 atom stereocenters. The molecule has 3 N–H and O–H groups in total. The van der Waals surface area contributed by atoms with Gasteiger partial charge in [-0.2, -0.15) is 4.98 Å². The number of hydrogen-bond donors (Lipinski definition) is 3. The summed E-state index contributed by atoms with van der Waals surface area (Å²) in [5.74, 6) is 0.544. The molecule has 5 rings (SSSR count). The molecule has 0 saturated heterocycles. The molecule has 0 amide bonds. The highest BCUT2D eigenvalue weighted by Crippen LogP contribution is 2.33. The largest absolute Gasteiger partial charge is 0.454 e. The van der Waals surface area contributed by atoms with Crippen LogP contribution in [0, 0.1) is 0 Å². The van der Waals surface area contributed by atoms with Crippen molar-refractivity contribution in [3.63, 3.8) is 0 Å². The first kappa shape index (κ1) is 22.2. The van der Waals surface area contributed by atoms with Gasteiger partial charge in [-0.05, 0) is 41.8 Å². The number of nitrogens with zero attached hydrogens (tertiary/aromatic N) is 4. The Labute approximate surface area is 200 Å². The van der Waals surface area contributed by atoms with E-state index in [1.807, 2.05) is 36.4 Å². The normalized spacial score (nSPS) is 15.8. The van der Waals surface area contributed by atoms with Gasteiger partial charge in [0.2, 0.25) is 12.3 Å². The van der Waals surface area contributed by atoms with Gasteiger partial charge in [0, 0.05) is 11.9 Å². The second-order valence-electron chi connectivity index (χ2n) is 7.95. The average Bonchev–Trinajstić information content (AvgIpc) is 3.41. The van der Waals surface area contributed by atoms with Crippen molar-refractivity contribution < 1.29 is 19.1 Å². The minimum absolute atomic E-state index is 0.165. The summed E-state index contributed by atoms with van der Waals surface area (Å²) in [4.78, 5) is 21.2. The molecule has 10 nitrogen and oxygen atoms in total. The van der Waals surface area contributed by atoms with E-state index >= 15 is 0 Å². The monoisotopic (exact) mass is 470 g/mol. The molecule has 2 aromatic carbocycles. The molecule has 0 spiro atoms. The smallest absolute Gasteiger partial charge is 0.339 e. The number of carbonyl (C=O) groups is 1. The van der Waals surface area contributed by atoms with Gasteiger partial charge in [0.15, 0.2) is 0 Å². The second kappa shape index (κ2) is 9.35. The van der Waals surface area contributed by atoms with E-state index in [4.69, 9.17) is 9.15 Å². The Bertz CT molecular complexity index is 1370. The van der Waals surface area contributed by atoms with Crippen LogP contribution in [0.4, 0.5) is 17.5 Å². The summed E-state index contributed by atoms with van der Waals surface area (Å²) in [6, 6.07) is 14.3. The van der Waals surface area contributed by atoms with Gasteiger partial charge in [-0.15, -0.1) is 10.2 Å². The van der Waals surface area contributed by atoms with Gasteiger partial charge >= 0.3 is 5.97 Å². The van der Waals surface area contributed by atoms with E-state index in [0.29, 0.717) is 33.8 Å². The summed E-state index contributed by atoms with van der Waals surface area (Å²) < 4.78 is 10.7. The zero-order chi connectivity index (χ0) is 24.4. The van der Waals surface area contributed by atoms with Crippen LogP contribution in [0.25, 0.3) is 17.0 Å². The third-order valence-electron chi connectivity index (χ3n) is 5.69. The van der Waals surface area contributed by atoms with Gasteiger partial charge in [-0.3, -0.25) is 0 Å². The van der Waals surface area contributed by atoms with Crippen molar-refractivity contribution >= 4 is 29.0 Å². The third-order valence-corrected chi connectivity index (χ3v) is 5.69. The van der Waals surface area contributed by atoms with Crippen LogP contribution in [0.3, 0.4) is 0 Å². The third kappa shape index (κ3) is 4.46. The number of esters is 1. The van der Waals surface area contributed by atoms with E-state index in [1.165, 1.54) is 6.39 Å². The molecule has 10 heteroatoms. The van der Waals surface area contributed by atoms with Crippen molar-refractivity contribution in [2.75, 3.05) is 17.2 Å². The van der Waals surface area contributed by atoms with E-state index in [2.05, 4.69) is 37.4 Å². The molecule has 1 aliphatic heterocycles. The van der Waals surface area contributed by atoms with Gasteiger partial charge < -0.3 is 24.9 Å². The Hall–Kier alpha value is -4.57. The van der Waals surface area contributed by atoms with Crippen LogP contribution in [0.15, 0.2) is 72.1 Å². The molecule has 2 aromatic heterocycles. The number of anilines is 3. The maximum absolute atomic E-state index is 12.2. The maximum Gasteiger partial charge on any atom is 0.339 e. The molecule has 0 fully saturated rings. The minimum atomic E-state index is -0.430. The quantitative estimate of drug-likeness (QED) is 0.340. The first-order valence-corrected chi connectivity index (χ1v) is 10.9. The van der Waals surface area contributed by atoms with Crippen LogP contribution >= 0.6 is 0 Å². The van der Waals surface area contributed by atoms with Crippen LogP contribution < -0.4 is 10.6 Å². The molecular formula is C25H22N6O4. The molecule has 0 saturated carbocycles. The predicted octanol–water partition coefficient (Wildman–Crippen LogP) is 3.99. The zero-order valence-corrected chi connectivity index (χ0v) is 18.8. The number of rotatable bonds is 7. The molecule has 0 bridgehead atoms. The summed E-state index contributed by atoms with van der Waals surface area (Å²) in [5, 5.41) is 24.1. The lowest BCUT2D eigenvalue weighted by Crippen LogP contribution is -2.23. The number of aromatic nitrogens is 4. The Morgan fingerprint density at radius 1 is 1.14 bits per heavy atom. The van der Waals surface area contributed by atoms with E-state index < -0.39 is 12.1 Å². The average molecular weight is 470 g/mol. The highest BCUT2D eigenvalue weighted by Gasteiger charge is 2.27. The molecule has 1 unspecified atom stereocenters. The molecule has 0 aliphatic carbocycles. The van der Waals surface area contributed by atoms with Crippen LogP contribution in [0.5, 0.6) is 0 Å². The molecule has 4 aromatic rings. The lowest BCUT2D eigenvalue weighted by molar-refractivity contribution is 0.0420. The Morgan fingerprint density at radius 2 is 1.97 bits per heavy atom. The highest BCUT2D eigenvalue weighted by molar-refractivity contribution is 5.99. The number of cyclic esters (lactones) is 1. The summed E-state index contributed by atoms with van der Waals surface area (Å²) in [6.45, 7) is 5.67. The van der Waals surface area contributed by atoms with Crippen LogP contribution in [0.1, 0.15) is 34.5 Å². The number of ether oxygens (including phenoxy) is 1. The number of fused-ring (bicyclic) bond motifs is 1. The minimum Gasteiger partial charge on any atom is -0.454 e. The molecule has 176 valence electrons. The van der Waals surface area contributed by atoms with Crippen LogP contribution in [-0.4, -0.2) is 44.0 Å². The van der Waals surface area contributed by atoms with Gasteiger partial charge in [-0.1, -0.05) is 36.9 Å². The maximum atomic E-state index is 12.2. The first-order chi connectivity index (χ1) is 17.0. The predicted molar refractivity (Wildman–Crippen MR) is 129 cm³/mol. The molecule has 3 heterocycles. The highest BCUT2D eigenvalue weighted by atomic mass is 16.5. The fraction of sp³-hybridized carbons (Fsp3) is 0.160. The number of aliphatic hydroxyl groups excluding tert-OH is 1. The van der Waals surface area contributed by atoms with Gasteiger partial charge in [0.25, 0.3) is 5.89 Å². The molecule has 1 aliphatic rings. The standard InChI is InChI=1S/C25H22N6O4/c1-14-15(2)35-24(33)18-9-8-17(10-19(14)18)28-25-26-11-20(23-31-27-13-34-23)22(30-25)29-21(12-32)16-6-4-3-5-7-16/h3-11,13,15,21,32H,1,12H2,2H3,(H2,26,28,29,30)/t15?,21-/m1/s1. The van der Waals surface area contributed by atoms with Crippen LogP contribution in [0.2, 0.25) is 0 Å². The SMILES string of the molecule is C=C1c2cc(Nc3ncc(-c4nnco4)c(N[C@H](CO)c4ccccc4)n3)ccc2C(=O)OC1C. The lowest BCUT2D eigenvalue weighted by Gasteiger charge is -2.24. The fourth-order valence-electron chi connectivity index (χ4n) is 3.79. The molecule has 0 radical (unpaired) electrons. The second-order valence-corrected chi connectivity index (χ2v) is 7.95. The lowest BCUT2D eigenvalue weighted by atomic mass is 9.94. The summed E-state index contributed by atoms with van der Waals surface area (Å²) >= 11 is 0. The molecule has 35 heavy (non-hydrogen) atoms. The Balaban J connectivity index is 1.48. The van der Waals surface area contributed by atoms with Crippen molar-refractivity contribution in [1.29, 1.82) is 0 Å². The zero-order valence-electron chi connectivity index (χ0n) is 18.8. The van der Waals surface area contributed by atoms with Crippen molar-refractivity contribution in [2.24, 2.45) is 0 Å². The first-order valence-electron chi connectivity index (χ1n) is 10.9. The number of nitrogens with one attached hydrogen (secondary N) is 2. The van der Waals surface area contributed by atoms with Crippen molar-refractivity contribution in [1.82, 2.24) is 20.2 Å². The van der Waals surface area contributed by atoms with E-state index in [1.54, 1.807) is 25.3 Å². The topological polar surface area (TPSA) is 135 Å². The van der Waals surface area contributed by atoms with Crippen LogP contribution in [-0.2, 0) is 4.74 Å². The summed E-state index contributed by atoms with van der Waals surface area (Å²) in [5.41, 5.74) is 3.93. The van der Waals surface area contributed by atoms with Gasteiger partial charge in [0.05, 0.1) is 23.8 Å². The molecular weight excluding hydrogens is 448 g/mol.